The predicted molar refractivity (Wildman–Crippen MR) is 153 cm³/mol. The van der Waals surface area contributed by atoms with Crippen molar-refractivity contribution in [1.29, 1.82) is 0 Å². The number of benzene rings is 1. The van der Waals surface area contributed by atoms with Crippen molar-refractivity contribution >= 4 is 22.8 Å². The average Bonchev–Trinajstić information content (AvgIpc) is 3.65. The molecule has 1 amide bonds. The maximum atomic E-state index is 15.2. The second-order valence-corrected chi connectivity index (χ2v) is 11.4. The zero-order valence-corrected chi connectivity index (χ0v) is 23.5. The van der Waals surface area contributed by atoms with Crippen LogP contribution < -0.4 is 10.2 Å². The fourth-order valence-electron chi connectivity index (χ4n) is 4.83. The number of fused-ring (bicyclic) bond motifs is 1. The lowest BCUT2D eigenvalue weighted by molar-refractivity contribution is 0.0937. The van der Waals surface area contributed by atoms with Gasteiger partial charge in [-0.15, -0.1) is 0 Å². The number of H-pyrrole nitrogens is 1. The Bertz CT molecular complexity index is 1730. The molecule has 0 bridgehead atoms. The second kappa shape index (κ2) is 10.9. The van der Waals surface area contributed by atoms with Crippen LogP contribution in [-0.2, 0) is 12.0 Å². The van der Waals surface area contributed by atoms with E-state index in [2.05, 4.69) is 40.3 Å². The molecule has 1 aromatic carbocycles. The topological polar surface area (TPSA) is 126 Å². The molecule has 1 saturated heterocycles. The summed E-state index contributed by atoms with van der Waals surface area (Å²) in [7, 11) is 0. The Morgan fingerprint density at radius 2 is 1.93 bits per heavy atom. The number of nitrogens with one attached hydrogen (secondary N) is 2. The highest BCUT2D eigenvalue weighted by molar-refractivity contribution is 5.91. The first-order chi connectivity index (χ1) is 20.2. The van der Waals surface area contributed by atoms with Gasteiger partial charge in [0, 0.05) is 42.4 Å². The number of aromatic nitrogens is 6. The lowest BCUT2D eigenvalue weighted by Gasteiger charge is -2.30. The highest BCUT2D eigenvalue weighted by atomic mass is 19.1. The van der Waals surface area contributed by atoms with E-state index >= 15 is 4.39 Å². The van der Waals surface area contributed by atoms with Crippen LogP contribution in [0.4, 0.5) is 14.5 Å². The van der Waals surface area contributed by atoms with Crippen molar-refractivity contribution < 1.29 is 18.1 Å². The molecule has 1 aliphatic heterocycles. The summed E-state index contributed by atoms with van der Waals surface area (Å²) in [5.74, 6) is -0.248. The van der Waals surface area contributed by atoms with Gasteiger partial charge >= 0.3 is 0 Å². The number of rotatable bonds is 6. The number of amides is 1. The highest BCUT2D eigenvalue weighted by Gasteiger charge is 2.24. The molecule has 4 aromatic heterocycles. The van der Waals surface area contributed by atoms with Crippen LogP contribution in [0.2, 0.25) is 0 Å². The number of alkyl halides is 1. The summed E-state index contributed by atoms with van der Waals surface area (Å²) in [6.07, 6.45) is 3.70. The SMILES string of the molecule is CC(C)(C)c1nc(C(=O)NCc2ccc(-c3ccnc4nc(-c5ccc(N6CCC(F)CC6)cn5)[nH]c34)cc2F)no1. The Balaban J connectivity index is 1.18. The monoisotopic (exact) mass is 572 g/mol. The number of hydrogen-bond donors (Lipinski definition) is 2. The highest BCUT2D eigenvalue weighted by Crippen LogP contribution is 2.30. The summed E-state index contributed by atoms with van der Waals surface area (Å²) in [5, 5.41) is 6.37. The van der Waals surface area contributed by atoms with E-state index in [1.807, 2.05) is 32.9 Å². The Labute approximate surface area is 240 Å². The largest absolute Gasteiger partial charge is 0.370 e. The molecule has 1 fully saturated rings. The molecule has 12 heteroatoms. The Kier molecular flexibility index (Phi) is 7.13. The smallest absolute Gasteiger partial charge is 0.292 e. The number of halogens is 2. The number of imidazole rings is 1. The number of hydrogen-bond acceptors (Lipinski definition) is 8. The molecule has 5 heterocycles. The minimum absolute atomic E-state index is 0.0439. The lowest BCUT2D eigenvalue weighted by Crippen LogP contribution is -2.34. The molecule has 5 aromatic rings. The van der Waals surface area contributed by atoms with Gasteiger partial charge in [-0.1, -0.05) is 38.1 Å². The van der Waals surface area contributed by atoms with Crippen molar-refractivity contribution in [1.82, 2.24) is 35.4 Å². The molecule has 0 atom stereocenters. The van der Waals surface area contributed by atoms with Crippen molar-refractivity contribution in [3.63, 3.8) is 0 Å². The van der Waals surface area contributed by atoms with Crippen LogP contribution >= 0.6 is 0 Å². The van der Waals surface area contributed by atoms with E-state index in [1.54, 1.807) is 30.6 Å². The van der Waals surface area contributed by atoms with E-state index < -0.39 is 23.3 Å². The van der Waals surface area contributed by atoms with Gasteiger partial charge in [-0.05, 0) is 42.7 Å². The van der Waals surface area contributed by atoms with Crippen LogP contribution in [0.5, 0.6) is 0 Å². The minimum atomic E-state index is -0.735. The summed E-state index contributed by atoms with van der Waals surface area (Å²) < 4.78 is 33.8. The molecule has 1 aliphatic rings. The predicted octanol–water partition coefficient (Wildman–Crippen LogP) is 5.37. The van der Waals surface area contributed by atoms with E-state index in [0.29, 0.717) is 65.6 Å². The van der Waals surface area contributed by atoms with Gasteiger partial charge in [0.15, 0.2) is 11.5 Å². The maximum Gasteiger partial charge on any atom is 0.292 e. The fourth-order valence-corrected chi connectivity index (χ4v) is 4.83. The first-order valence-electron chi connectivity index (χ1n) is 13.8. The summed E-state index contributed by atoms with van der Waals surface area (Å²) in [5.41, 5.74) is 3.97. The third-order valence-corrected chi connectivity index (χ3v) is 7.25. The minimum Gasteiger partial charge on any atom is -0.370 e. The van der Waals surface area contributed by atoms with E-state index in [9.17, 15) is 9.18 Å². The third-order valence-electron chi connectivity index (χ3n) is 7.25. The molecule has 0 saturated carbocycles. The standard InChI is InChI=1S/C30H30F2N8O2/c1-30(2,3)29-38-27(39-42-29)28(41)35-15-18-5-4-17(14-22(18)32)21-8-11-33-26-24(21)36-25(37-26)23-7-6-20(16-34-23)40-12-9-19(31)10-13-40/h4-8,11,14,16,19H,9-10,12-13,15H2,1-3H3,(H,35,41)(H,33,36,37). The summed E-state index contributed by atoms with van der Waals surface area (Å²) in [6, 6.07) is 10.4. The quantitative estimate of drug-likeness (QED) is 0.278. The van der Waals surface area contributed by atoms with Crippen molar-refractivity contribution in [3.8, 4) is 22.6 Å². The molecular formula is C30H30F2N8O2. The Morgan fingerprint density at radius 3 is 2.62 bits per heavy atom. The summed E-state index contributed by atoms with van der Waals surface area (Å²) in [6.45, 7) is 6.98. The van der Waals surface area contributed by atoms with E-state index in [4.69, 9.17) is 4.52 Å². The number of carbonyl (C=O) groups is 1. The van der Waals surface area contributed by atoms with Crippen molar-refractivity contribution in [2.45, 2.75) is 51.7 Å². The molecule has 0 aliphatic carbocycles. The molecule has 6 rings (SSSR count). The van der Waals surface area contributed by atoms with Gasteiger partial charge in [-0.25, -0.2) is 18.7 Å². The molecule has 216 valence electrons. The molecule has 10 nitrogen and oxygen atoms in total. The van der Waals surface area contributed by atoms with Gasteiger partial charge in [-0.3, -0.25) is 9.78 Å². The van der Waals surface area contributed by atoms with Crippen LogP contribution in [-0.4, -0.2) is 55.2 Å². The van der Waals surface area contributed by atoms with Crippen molar-refractivity contribution in [2.24, 2.45) is 0 Å². The number of nitrogens with zero attached hydrogens (tertiary/aromatic N) is 6. The first kappa shape index (κ1) is 27.4. The number of carbonyl (C=O) groups excluding carboxylic acids is 1. The van der Waals surface area contributed by atoms with Crippen LogP contribution in [0.15, 0.2) is 53.3 Å². The van der Waals surface area contributed by atoms with Gasteiger partial charge in [-0.2, -0.15) is 4.98 Å². The molecule has 0 unspecified atom stereocenters. The average molecular weight is 573 g/mol. The van der Waals surface area contributed by atoms with Crippen LogP contribution in [0.1, 0.15) is 55.7 Å². The zero-order valence-electron chi connectivity index (χ0n) is 23.5. The maximum absolute atomic E-state index is 15.2. The Hall–Kier alpha value is -4.74. The molecule has 0 spiro atoms. The second-order valence-electron chi connectivity index (χ2n) is 11.4. The van der Waals surface area contributed by atoms with Crippen molar-refractivity contribution in [2.75, 3.05) is 18.0 Å². The van der Waals surface area contributed by atoms with Gasteiger partial charge in [0.25, 0.3) is 11.7 Å². The number of anilines is 1. The van der Waals surface area contributed by atoms with Crippen LogP contribution in [0.25, 0.3) is 33.8 Å². The first-order valence-corrected chi connectivity index (χ1v) is 13.8. The summed E-state index contributed by atoms with van der Waals surface area (Å²) in [4.78, 5) is 35.6. The summed E-state index contributed by atoms with van der Waals surface area (Å²) >= 11 is 0. The van der Waals surface area contributed by atoms with Crippen LogP contribution in [0, 0.1) is 5.82 Å². The van der Waals surface area contributed by atoms with Gasteiger partial charge in [0.2, 0.25) is 5.89 Å². The molecule has 0 radical (unpaired) electrons. The molecular weight excluding hydrogens is 542 g/mol. The fraction of sp³-hybridized carbons (Fsp3) is 0.333. The lowest BCUT2D eigenvalue weighted by atomic mass is 9.97. The van der Waals surface area contributed by atoms with Gasteiger partial charge < -0.3 is 19.7 Å². The zero-order chi connectivity index (χ0) is 29.4. The molecule has 42 heavy (non-hydrogen) atoms. The van der Waals surface area contributed by atoms with Crippen molar-refractivity contribution in [3.05, 3.63) is 71.9 Å². The van der Waals surface area contributed by atoms with E-state index in [1.165, 1.54) is 6.07 Å². The third kappa shape index (κ3) is 5.56. The number of aromatic amines is 1. The van der Waals surface area contributed by atoms with Crippen LogP contribution in [0.3, 0.4) is 0 Å². The number of piperidine rings is 1. The van der Waals surface area contributed by atoms with E-state index in [0.717, 1.165) is 11.3 Å². The number of pyridine rings is 2. The normalized spacial score (nSPS) is 14.5. The van der Waals surface area contributed by atoms with Gasteiger partial charge in [0.05, 0.1) is 17.4 Å². The van der Waals surface area contributed by atoms with Gasteiger partial charge in [0.1, 0.15) is 17.7 Å². The molecule has 2 N–H and O–H groups in total. The Morgan fingerprint density at radius 1 is 1.12 bits per heavy atom. The van der Waals surface area contributed by atoms with E-state index in [-0.39, 0.29) is 12.4 Å².